The van der Waals surface area contributed by atoms with Gasteiger partial charge in [0.1, 0.15) is 5.75 Å². The van der Waals surface area contributed by atoms with E-state index in [2.05, 4.69) is 10.5 Å². The Kier molecular flexibility index (Phi) is 6.78. The standard InChI is InChI=1S/C23H20N2O5/c1-2-29-21-14-16(15-24-25-22(27)18-10-6-7-11-19(18)26)12-13-20(21)30-23(28)17-8-4-3-5-9-17/h3-15,26H,2H2,1H3,(H,25,27). The number of phenolic OH excluding ortho intramolecular Hbond substituents is 1. The summed E-state index contributed by atoms with van der Waals surface area (Å²) >= 11 is 0. The largest absolute Gasteiger partial charge is 0.507 e. The van der Waals surface area contributed by atoms with Crippen LogP contribution in [0.25, 0.3) is 0 Å². The Bertz CT molecular complexity index is 1060. The van der Waals surface area contributed by atoms with Gasteiger partial charge in [0.15, 0.2) is 11.5 Å². The fourth-order valence-corrected chi connectivity index (χ4v) is 2.58. The van der Waals surface area contributed by atoms with Crippen molar-refractivity contribution < 1.29 is 24.2 Å². The van der Waals surface area contributed by atoms with Crippen LogP contribution in [0, 0.1) is 0 Å². The number of aromatic hydroxyl groups is 1. The minimum atomic E-state index is -0.539. The van der Waals surface area contributed by atoms with Crippen molar-refractivity contribution in [2.45, 2.75) is 6.92 Å². The number of hydrazone groups is 1. The van der Waals surface area contributed by atoms with Crippen molar-refractivity contribution in [3.8, 4) is 17.2 Å². The van der Waals surface area contributed by atoms with Crippen LogP contribution in [-0.4, -0.2) is 29.8 Å². The Morgan fingerprint density at radius 1 is 1.00 bits per heavy atom. The van der Waals surface area contributed by atoms with Crippen molar-refractivity contribution >= 4 is 18.1 Å². The van der Waals surface area contributed by atoms with Crippen LogP contribution in [0.1, 0.15) is 33.2 Å². The lowest BCUT2D eigenvalue weighted by molar-refractivity contribution is 0.0728. The number of carbonyl (C=O) groups excluding carboxylic acids is 2. The van der Waals surface area contributed by atoms with E-state index < -0.39 is 11.9 Å². The number of esters is 1. The van der Waals surface area contributed by atoms with Crippen molar-refractivity contribution in [3.05, 3.63) is 89.5 Å². The van der Waals surface area contributed by atoms with Crippen LogP contribution in [0.5, 0.6) is 17.2 Å². The smallest absolute Gasteiger partial charge is 0.343 e. The van der Waals surface area contributed by atoms with Crippen molar-refractivity contribution in [1.82, 2.24) is 5.43 Å². The van der Waals surface area contributed by atoms with Crippen molar-refractivity contribution in [1.29, 1.82) is 0 Å². The van der Waals surface area contributed by atoms with Gasteiger partial charge in [-0.3, -0.25) is 4.79 Å². The van der Waals surface area contributed by atoms with Gasteiger partial charge in [0, 0.05) is 0 Å². The third kappa shape index (κ3) is 5.23. The number of hydrogen-bond donors (Lipinski definition) is 2. The second kappa shape index (κ2) is 9.88. The van der Waals surface area contributed by atoms with E-state index >= 15 is 0 Å². The summed E-state index contributed by atoms with van der Waals surface area (Å²) in [6.45, 7) is 2.19. The normalized spacial score (nSPS) is 10.6. The first-order valence-electron chi connectivity index (χ1n) is 9.24. The van der Waals surface area contributed by atoms with Crippen LogP contribution < -0.4 is 14.9 Å². The zero-order chi connectivity index (χ0) is 21.3. The van der Waals surface area contributed by atoms with Gasteiger partial charge < -0.3 is 14.6 Å². The molecule has 0 saturated heterocycles. The Labute approximate surface area is 173 Å². The van der Waals surface area contributed by atoms with Crippen LogP contribution in [-0.2, 0) is 0 Å². The van der Waals surface area contributed by atoms with Gasteiger partial charge in [0.2, 0.25) is 0 Å². The molecule has 0 spiro atoms. The maximum atomic E-state index is 12.3. The average Bonchev–Trinajstić information content (AvgIpc) is 2.76. The summed E-state index contributed by atoms with van der Waals surface area (Å²) in [4.78, 5) is 24.4. The van der Waals surface area contributed by atoms with Gasteiger partial charge in [0.05, 0.1) is 23.9 Å². The maximum Gasteiger partial charge on any atom is 0.343 e. The molecule has 0 fully saturated rings. The summed E-state index contributed by atoms with van der Waals surface area (Å²) in [6.07, 6.45) is 1.42. The SMILES string of the molecule is CCOc1cc(C=NNC(=O)c2ccccc2O)ccc1OC(=O)c1ccccc1. The van der Waals surface area contributed by atoms with Gasteiger partial charge in [-0.15, -0.1) is 0 Å². The number of para-hydroxylation sites is 1. The number of rotatable bonds is 7. The van der Waals surface area contributed by atoms with Crippen molar-refractivity contribution in [2.75, 3.05) is 6.61 Å². The third-order valence-corrected chi connectivity index (χ3v) is 4.01. The molecule has 0 aliphatic carbocycles. The number of hydrogen-bond acceptors (Lipinski definition) is 6. The van der Waals surface area contributed by atoms with Crippen molar-refractivity contribution in [3.63, 3.8) is 0 Å². The number of carbonyl (C=O) groups is 2. The van der Waals surface area contributed by atoms with E-state index in [-0.39, 0.29) is 17.1 Å². The summed E-state index contributed by atoms with van der Waals surface area (Å²) in [5.41, 5.74) is 3.52. The highest BCUT2D eigenvalue weighted by molar-refractivity contribution is 5.97. The molecule has 0 radical (unpaired) electrons. The summed E-state index contributed by atoms with van der Waals surface area (Å²) in [6, 6.07) is 19.7. The van der Waals surface area contributed by atoms with E-state index in [1.54, 1.807) is 54.6 Å². The zero-order valence-electron chi connectivity index (χ0n) is 16.2. The average molecular weight is 404 g/mol. The fourth-order valence-electron chi connectivity index (χ4n) is 2.58. The maximum absolute atomic E-state index is 12.3. The Balaban J connectivity index is 1.71. The lowest BCUT2D eigenvalue weighted by atomic mass is 10.2. The molecular weight excluding hydrogens is 384 g/mol. The van der Waals surface area contributed by atoms with Crippen LogP contribution >= 0.6 is 0 Å². The van der Waals surface area contributed by atoms with Crippen LogP contribution in [0.15, 0.2) is 77.9 Å². The predicted molar refractivity (Wildman–Crippen MR) is 112 cm³/mol. The second-order valence-corrected chi connectivity index (χ2v) is 6.11. The second-order valence-electron chi connectivity index (χ2n) is 6.11. The van der Waals surface area contributed by atoms with Gasteiger partial charge in [0.25, 0.3) is 5.91 Å². The first-order valence-corrected chi connectivity index (χ1v) is 9.24. The van der Waals surface area contributed by atoms with Gasteiger partial charge in [-0.05, 0) is 55.0 Å². The summed E-state index contributed by atoms with van der Waals surface area (Å²) in [5, 5.41) is 13.6. The molecule has 1 amide bonds. The quantitative estimate of drug-likeness (QED) is 0.270. The number of amides is 1. The van der Waals surface area contributed by atoms with Gasteiger partial charge >= 0.3 is 5.97 Å². The summed E-state index contributed by atoms with van der Waals surface area (Å²) < 4.78 is 11.0. The van der Waals surface area contributed by atoms with E-state index in [1.165, 1.54) is 18.3 Å². The van der Waals surface area contributed by atoms with Gasteiger partial charge in [-0.25, -0.2) is 10.2 Å². The third-order valence-electron chi connectivity index (χ3n) is 4.01. The minimum Gasteiger partial charge on any atom is -0.507 e. The summed E-state index contributed by atoms with van der Waals surface area (Å²) in [7, 11) is 0. The molecule has 0 aliphatic heterocycles. The van der Waals surface area contributed by atoms with Gasteiger partial charge in [-0.2, -0.15) is 5.10 Å². The number of phenols is 1. The number of nitrogens with one attached hydrogen (secondary N) is 1. The summed E-state index contributed by atoms with van der Waals surface area (Å²) in [5.74, 6) is -0.511. The minimum absolute atomic E-state index is 0.118. The molecule has 30 heavy (non-hydrogen) atoms. The molecule has 0 saturated carbocycles. The molecule has 7 heteroatoms. The highest BCUT2D eigenvalue weighted by atomic mass is 16.6. The Morgan fingerprint density at radius 3 is 2.47 bits per heavy atom. The lowest BCUT2D eigenvalue weighted by Crippen LogP contribution is -2.17. The Hall–Kier alpha value is -4.13. The van der Waals surface area contributed by atoms with E-state index in [4.69, 9.17) is 9.47 Å². The highest BCUT2D eigenvalue weighted by Gasteiger charge is 2.13. The molecular formula is C23H20N2O5. The number of nitrogens with zero attached hydrogens (tertiary/aromatic N) is 1. The monoisotopic (exact) mass is 404 g/mol. The van der Waals surface area contributed by atoms with Crippen molar-refractivity contribution in [2.24, 2.45) is 5.10 Å². The first kappa shape index (κ1) is 20.6. The molecule has 0 unspecified atom stereocenters. The van der Waals surface area contributed by atoms with Crippen LogP contribution in [0.2, 0.25) is 0 Å². The van der Waals surface area contributed by atoms with Crippen LogP contribution in [0.4, 0.5) is 0 Å². The molecule has 7 nitrogen and oxygen atoms in total. The molecule has 3 aromatic carbocycles. The molecule has 0 atom stereocenters. The molecule has 0 aliphatic rings. The highest BCUT2D eigenvalue weighted by Crippen LogP contribution is 2.29. The van der Waals surface area contributed by atoms with Crippen LogP contribution in [0.3, 0.4) is 0 Å². The Morgan fingerprint density at radius 2 is 1.73 bits per heavy atom. The van der Waals surface area contributed by atoms with E-state index in [0.717, 1.165) is 0 Å². The molecule has 0 heterocycles. The molecule has 2 N–H and O–H groups in total. The molecule has 3 rings (SSSR count). The number of ether oxygens (including phenoxy) is 2. The fraction of sp³-hybridized carbons (Fsp3) is 0.0870. The first-order chi connectivity index (χ1) is 14.6. The van der Waals surface area contributed by atoms with Gasteiger partial charge in [-0.1, -0.05) is 30.3 Å². The molecule has 3 aromatic rings. The van der Waals surface area contributed by atoms with E-state index in [9.17, 15) is 14.7 Å². The topological polar surface area (TPSA) is 97.2 Å². The number of benzene rings is 3. The predicted octanol–water partition coefficient (Wildman–Crippen LogP) is 3.77. The zero-order valence-corrected chi connectivity index (χ0v) is 16.2. The molecule has 0 bridgehead atoms. The van der Waals surface area contributed by atoms with E-state index in [1.807, 2.05) is 13.0 Å². The molecule has 0 aromatic heterocycles. The van der Waals surface area contributed by atoms with E-state index in [0.29, 0.717) is 23.5 Å². The molecule has 152 valence electrons. The lowest BCUT2D eigenvalue weighted by Gasteiger charge is -2.11.